The summed E-state index contributed by atoms with van der Waals surface area (Å²) in [6.45, 7) is 3.87. The molecule has 1 saturated heterocycles. The molecule has 3 aromatic rings. The molecule has 1 aliphatic heterocycles. The summed E-state index contributed by atoms with van der Waals surface area (Å²) in [5.41, 5.74) is 2.82. The number of hydrogen-bond acceptors (Lipinski definition) is 6. The van der Waals surface area contributed by atoms with Crippen molar-refractivity contribution < 1.29 is 8.42 Å². The van der Waals surface area contributed by atoms with Gasteiger partial charge in [0.1, 0.15) is 5.69 Å². The van der Waals surface area contributed by atoms with Crippen LogP contribution in [-0.2, 0) is 10.0 Å². The van der Waals surface area contributed by atoms with Crippen LogP contribution in [0.2, 0.25) is 0 Å². The quantitative estimate of drug-likeness (QED) is 0.597. The lowest BCUT2D eigenvalue weighted by atomic mass is 10.0. The molecule has 1 fully saturated rings. The number of sulfonamides is 1. The summed E-state index contributed by atoms with van der Waals surface area (Å²) >= 11 is 0. The summed E-state index contributed by atoms with van der Waals surface area (Å²) in [5.74, 6) is 0.753. The number of nitrogens with one attached hydrogen (secondary N) is 3. The van der Waals surface area contributed by atoms with Crippen molar-refractivity contribution >= 4 is 32.3 Å². The molecule has 2 heterocycles. The van der Waals surface area contributed by atoms with Gasteiger partial charge < -0.3 is 10.6 Å². The third-order valence-corrected chi connectivity index (χ3v) is 5.64. The van der Waals surface area contributed by atoms with Gasteiger partial charge in [0.25, 0.3) is 0 Å². The van der Waals surface area contributed by atoms with Crippen LogP contribution in [0.15, 0.2) is 42.5 Å². The Bertz CT molecular complexity index is 1140. The van der Waals surface area contributed by atoms with Gasteiger partial charge >= 0.3 is 0 Å². The second kappa shape index (κ2) is 7.96. The van der Waals surface area contributed by atoms with Gasteiger partial charge in [-0.3, -0.25) is 4.72 Å². The van der Waals surface area contributed by atoms with Crippen molar-refractivity contribution in [3.8, 4) is 11.3 Å². The van der Waals surface area contributed by atoms with Gasteiger partial charge in [0.15, 0.2) is 5.82 Å². The smallest absolute Gasteiger partial charge is 0.229 e. The maximum atomic E-state index is 11.9. The number of rotatable bonds is 5. The van der Waals surface area contributed by atoms with Crippen LogP contribution in [-0.4, -0.2) is 44.0 Å². The molecule has 4 rings (SSSR count). The van der Waals surface area contributed by atoms with Crippen molar-refractivity contribution in [3.63, 3.8) is 0 Å². The zero-order chi connectivity index (χ0) is 20.4. The summed E-state index contributed by atoms with van der Waals surface area (Å²) in [6.07, 6.45) is 3.37. The van der Waals surface area contributed by atoms with Gasteiger partial charge in [-0.1, -0.05) is 36.4 Å². The predicted octanol–water partition coefficient (Wildman–Crippen LogP) is 3.14. The lowest BCUT2D eigenvalue weighted by Gasteiger charge is -2.25. The number of benzene rings is 2. The van der Waals surface area contributed by atoms with Crippen molar-refractivity contribution in [1.82, 2.24) is 15.5 Å². The molecule has 0 spiro atoms. The van der Waals surface area contributed by atoms with Crippen molar-refractivity contribution in [2.24, 2.45) is 0 Å². The normalized spacial score (nSPS) is 17.2. The van der Waals surface area contributed by atoms with Crippen LogP contribution >= 0.6 is 0 Å². The molecular formula is C21H25N5O2S. The maximum Gasteiger partial charge on any atom is 0.229 e. The highest BCUT2D eigenvalue weighted by Crippen LogP contribution is 2.35. The van der Waals surface area contributed by atoms with Crippen LogP contribution in [0.3, 0.4) is 0 Å². The van der Waals surface area contributed by atoms with Gasteiger partial charge in [-0.2, -0.15) is 0 Å². The van der Waals surface area contributed by atoms with E-state index in [1.54, 1.807) is 0 Å². The Morgan fingerprint density at radius 1 is 1.10 bits per heavy atom. The molecule has 1 unspecified atom stereocenters. The summed E-state index contributed by atoms with van der Waals surface area (Å²) in [6, 6.07) is 13.9. The van der Waals surface area contributed by atoms with Gasteiger partial charge in [-0.05, 0) is 37.9 Å². The van der Waals surface area contributed by atoms with Gasteiger partial charge in [0.2, 0.25) is 10.0 Å². The highest BCUT2D eigenvalue weighted by Gasteiger charge is 2.18. The standard InChI is InChI=1S/C21H25N5O2S/c1-14-9-10-18(19(12-14)26-29(2,27)28)20-16-7-3-4-8-17(16)21(25-24-20)23-15-6-5-11-22-13-15/h3-4,7-10,12,15,22,26H,5-6,11,13H2,1-2H3,(H,23,25). The molecule has 0 radical (unpaired) electrons. The van der Waals surface area contributed by atoms with Crippen molar-refractivity contribution in [2.45, 2.75) is 25.8 Å². The van der Waals surface area contributed by atoms with Crippen LogP contribution in [0.4, 0.5) is 11.5 Å². The molecule has 7 nitrogen and oxygen atoms in total. The van der Waals surface area contributed by atoms with E-state index in [1.807, 2.05) is 49.4 Å². The fourth-order valence-corrected chi connectivity index (χ4v) is 4.29. The third-order valence-electron chi connectivity index (χ3n) is 5.05. The lowest BCUT2D eigenvalue weighted by molar-refractivity contribution is 0.479. The van der Waals surface area contributed by atoms with Gasteiger partial charge in [-0.15, -0.1) is 10.2 Å². The minimum atomic E-state index is -3.42. The summed E-state index contributed by atoms with van der Waals surface area (Å²) in [5, 5.41) is 17.8. The Hall–Kier alpha value is -2.71. The Morgan fingerprint density at radius 2 is 1.90 bits per heavy atom. The predicted molar refractivity (Wildman–Crippen MR) is 118 cm³/mol. The molecule has 0 bridgehead atoms. The Morgan fingerprint density at radius 3 is 2.62 bits per heavy atom. The monoisotopic (exact) mass is 411 g/mol. The Balaban J connectivity index is 1.81. The molecule has 2 aromatic carbocycles. The molecule has 0 saturated carbocycles. The number of aromatic nitrogens is 2. The van der Waals surface area contributed by atoms with E-state index < -0.39 is 10.0 Å². The van der Waals surface area contributed by atoms with E-state index >= 15 is 0 Å². The largest absolute Gasteiger partial charge is 0.364 e. The summed E-state index contributed by atoms with van der Waals surface area (Å²) in [7, 11) is -3.42. The minimum absolute atomic E-state index is 0.314. The lowest BCUT2D eigenvalue weighted by Crippen LogP contribution is -2.38. The number of nitrogens with zero attached hydrogens (tertiary/aromatic N) is 2. The molecule has 0 amide bonds. The van der Waals surface area contributed by atoms with E-state index in [-0.39, 0.29) is 0 Å². The average molecular weight is 412 g/mol. The SMILES string of the molecule is Cc1ccc(-c2nnc(NC3CCCNC3)c3ccccc23)c(NS(C)(=O)=O)c1. The van der Waals surface area contributed by atoms with E-state index in [1.165, 1.54) is 0 Å². The van der Waals surface area contributed by atoms with Crippen molar-refractivity contribution in [1.29, 1.82) is 0 Å². The number of fused-ring (bicyclic) bond motifs is 1. The molecule has 1 atom stereocenters. The van der Waals surface area contributed by atoms with Crippen LogP contribution in [0.5, 0.6) is 0 Å². The number of piperidine rings is 1. The first-order chi connectivity index (χ1) is 13.9. The maximum absolute atomic E-state index is 11.9. The molecule has 152 valence electrons. The zero-order valence-corrected chi connectivity index (χ0v) is 17.4. The van der Waals surface area contributed by atoms with E-state index in [0.29, 0.717) is 23.0 Å². The van der Waals surface area contributed by atoms with E-state index in [4.69, 9.17) is 0 Å². The minimum Gasteiger partial charge on any atom is -0.364 e. The van der Waals surface area contributed by atoms with Crippen LogP contribution < -0.4 is 15.4 Å². The number of anilines is 2. The molecule has 3 N–H and O–H groups in total. The molecular weight excluding hydrogens is 386 g/mol. The first-order valence-corrected chi connectivity index (χ1v) is 11.6. The molecule has 1 aromatic heterocycles. The first kappa shape index (κ1) is 19.6. The Kier molecular flexibility index (Phi) is 5.38. The number of hydrogen-bond donors (Lipinski definition) is 3. The zero-order valence-electron chi connectivity index (χ0n) is 16.6. The fraction of sp³-hybridized carbons (Fsp3) is 0.333. The van der Waals surface area contributed by atoms with Crippen LogP contribution in [0.1, 0.15) is 18.4 Å². The van der Waals surface area contributed by atoms with Crippen LogP contribution in [0, 0.1) is 6.92 Å². The van der Waals surface area contributed by atoms with E-state index in [2.05, 4.69) is 25.6 Å². The molecule has 29 heavy (non-hydrogen) atoms. The molecule has 0 aliphatic carbocycles. The van der Waals surface area contributed by atoms with E-state index in [9.17, 15) is 8.42 Å². The highest BCUT2D eigenvalue weighted by atomic mass is 32.2. The molecule has 8 heteroatoms. The first-order valence-electron chi connectivity index (χ1n) is 9.72. The third kappa shape index (κ3) is 4.49. The Labute approximate surface area is 171 Å². The fourth-order valence-electron chi connectivity index (χ4n) is 3.73. The molecule has 1 aliphatic rings. The average Bonchev–Trinajstić information content (AvgIpc) is 2.68. The second-order valence-corrected chi connectivity index (χ2v) is 9.30. The highest BCUT2D eigenvalue weighted by molar-refractivity contribution is 7.92. The van der Waals surface area contributed by atoms with Crippen LogP contribution in [0.25, 0.3) is 22.0 Å². The van der Waals surface area contributed by atoms with Crippen molar-refractivity contribution in [3.05, 3.63) is 48.0 Å². The topological polar surface area (TPSA) is 96.0 Å². The van der Waals surface area contributed by atoms with Gasteiger partial charge in [-0.25, -0.2) is 8.42 Å². The van der Waals surface area contributed by atoms with E-state index in [0.717, 1.165) is 54.3 Å². The van der Waals surface area contributed by atoms with Crippen molar-refractivity contribution in [2.75, 3.05) is 29.4 Å². The summed E-state index contributed by atoms with van der Waals surface area (Å²) < 4.78 is 26.4. The van der Waals surface area contributed by atoms with Gasteiger partial charge in [0.05, 0.1) is 11.9 Å². The number of aryl methyl sites for hydroxylation is 1. The van der Waals surface area contributed by atoms with Gasteiger partial charge in [0, 0.05) is 28.9 Å². The second-order valence-electron chi connectivity index (χ2n) is 7.55. The summed E-state index contributed by atoms with van der Waals surface area (Å²) in [4.78, 5) is 0.